The number of nitrogens with one attached hydrogen (secondary N) is 1. The van der Waals surface area contributed by atoms with Crippen molar-refractivity contribution in [2.24, 2.45) is 0 Å². The maximum atomic E-state index is 12.5. The number of carbonyl (C=O) groups excluding carboxylic acids is 1. The number of fused-ring (bicyclic) bond motifs is 1. The van der Waals surface area contributed by atoms with Gasteiger partial charge in [-0.2, -0.15) is 0 Å². The molecule has 1 saturated carbocycles. The molecule has 25 heavy (non-hydrogen) atoms. The van der Waals surface area contributed by atoms with E-state index in [4.69, 9.17) is 0 Å². The number of urea groups is 1. The summed E-state index contributed by atoms with van der Waals surface area (Å²) in [6.07, 6.45) is 14.2. The highest BCUT2D eigenvalue weighted by Crippen LogP contribution is 2.20. The smallest absolute Gasteiger partial charge is 0.317 e. The van der Waals surface area contributed by atoms with Crippen LogP contribution in [0, 0.1) is 0 Å². The number of hydrogen-bond acceptors (Lipinski definition) is 3. The number of aryl methyl sites for hydroxylation is 1. The molecule has 6 heteroatoms. The van der Waals surface area contributed by atoms with Crippen LogP contribution in [0.5, 0.6) is 0 Å². The maximum Gasteiger partial charge on any atom is 0.317 e. The fraction of sp³-hybridized carbons (Fsp3) is 0.842. The van der Waals surface area contributed by atoms with Crippen LogP contribution < -0.4 is 5.32 Å². The lowest BCUT2D eigenvalue weighted by Gasteiger charge is -2.29. The highest BCUT2D eigenvalue weighted by atomic mass is 16.2. The summed E-state index contributed by atoms with van der Waals surface area (Å²) in [6, 6.07) is 0.450. The Morgan fingerprint density at radius 3 is 2.60 bits per heavy atom. The molecular formula is C19H33N5O. The van der Waals surface area contributed by atoms with Gasteiger partial charge < -0.3 is 14.8 Å². The first-order chi connectivity index (χ1) is 12.3. The number of carbonyl (C=O) groups is 1. The van der Waals surface area contributed by atoms with E-state index in [1.54, 1.807) is 0 Å². The Morgan fingerprint density at radius 1 is 1.08 bits per heavy atom. The quantitative estimate of drug-likeness (QED) is 0.909. The van der Waals surface area contributed by atoms with Crippen molar-refractivity contribution in [3.05, 3.63) is 11.6 Å². The predicted molar refractivity (Wildman–Crippen MR) is 98.5 cm³/mol. The molecule has 1 aliphatic heterocycles. The molecular weight excluding hydrogens is 314 g/mol. The summed E-state index contributed by atoms with van der Waals surface area (Å²) >= 11 is 0. The van der Waals surface area contributed by atoms with Gasteiger partial charge in [0.25, 0.3) is 0 Å². The highest BCUT2D eigenvalue weighted by molar-refractivity contribution is 5.74. The minimum Gasteiger partial charge on any atom is -0.338 e. The highest BCUT2D eigenvalue weighted by Gasteiger charge is 2.20. The monoisotopic (exact) mass is 347 g/mol. The summed E-state index contributed by atoms with van der Waals surface area (Å²) in [6.45, 7) is 1.65. The number of hydrogen-bond donors (Lipinski definition) is 1. The van der Waals surface area contributed by atoms with Crippen LogP contribution in [0.15, 0.2) is 0 Å². The fourth-order valence-electron chi connectivity index (χ4n) is 4.12. The Labute approximate surface area is 151 Å². The predicted octanol–water partition coefficient (Wildman–Crippen LogP) is 3.30. The molecule has 2 aliphatic rings. The van der Waals surface area contributed by atoms with Gasteiger partial charge in [0.1, 0.15) is 11.6 Å². The average Bonchev–Trinajstić information content (AvgIpc) is 2.81. The van der Waals surface area contributed by atoms with Gasteiger partial charge in [0.2, 0.25) is 0 Å². The normalized spacial score (nSPS) is 19.4. The third kappa shape index (κ3) is 4.95. The molecule has 1 N–H and O–H groups in total. The molecule has 2 heterocycles. The van der Waals surface area contributed by atoms with E-state index in [9.17, 15) is 4.79 Å². The standard InChI is InChI=1S/C19H33N5O/c1-23(16-10-6-3-2-4-7-11-16)19(25)20-14-13-18-22-21-17-12-8-5-9-15-24(17)18/h16H,2-15H2,1H3,(H,20,25). The van der Waals surface area contributed by atoms with Crippen molar-refractivity contribution in [2.45, 2.75) is 89.6 Å². The van der Waals surface area contributed by atoms with Gasteiger partial charge in [0.05, 0.1) is 0 Å². The Balaban J connectivity index is 1.46. The molecule has 0 bridgehead atoms. The molecule has 3 rings (SSSR count). The van der Waals surface area contributed by atoms with Crippen LogP contribution in [0.2, 0.25) is 0 Å². The van der Waals surface area contributed by atoms with Crippen molar-refractivity contribution >= 4 is 6.03 Å². The van der Waals surface area contributed by atoms with Crippen molar-refractivity contribution in [3.63, 3.8) is 0 Å². The van der Waals surface area contributed by atoms with Crippen molar-refractivity contribution in [2.75, 3.05) is 13.6 Å². The first-order valence-electron chi connectivity index (χ1n) is 10.2. The fourth-order valence-corrected chi connectivity index (χ4v) is 4.12. The van der Waals surface area contributed by atoms with E-state index in [1.165, 1.54) is 51.4 Å². The summed E-state index contributed by atoms with van der Waals surface area (Å²) in [5, 5.41) is 11.8. The van der Waals surface area contributed by atoms with Gasteiger partial charge in [-0.05, 0) is 25.7 Å². The maximum absolute atomic E-state index is 12.5. The molecule has 140 valence electrons. The molecule has 2 amide bonds. The molecule has 0 atom stereocenters. The van der Waals surface area contributed by atoms with E-state index in [0.29, 0.717) is 12.6 Å². The van der Waals surface area contributed by atoms with E-state index < -0.39 is 0 Å². The summed E-state index contributed by atoms with van der Waals surface area (Å²) in [5.41, 5.74) is 0. The number of nitrogens with zero attached hydrogens (tertiary/aromatic N) is 4. The molecule has 1 aromatic heterocycles. The summed E-state index contributed by atoms with van der Waals surface area (Å²) in [4.78, 5) is 14.4. The molecule has 1 fully saturated rings. The number of amides is 2. The van der Waals surface area contributed by atoms with Gasteiger partial charge in [0.15, 0.2) is 0 Å². The lowest BCUT2D eigenvalue weighted by atomic mass is 9.96. The first-order valence-corrected chi connectivity index (χ1v) is 10.2. The van der Waals surface area contributed by atoms with Crippen LogP contribution in [0.4, 0.5) is 4.79 Å². The van der Waals surface area contributed by atoms with Crippen molar-refractivity contribution in [3.8, 4) is 0 Å². The number of rotatable bonds is 4. The third-order valence-corrected chi connectivity index (χ3v) is 5.75. The van der Waals surface area contributed by atoms with Crippen LogP contribution in [0.3, 0.4) is 0 Å². The van der Waals surface area contributed by atoms with E-state index in [1.807, 2.05) is 11.9 Å². The van der Waals surface area contributed by atoms with Gasteiger partial charge in [-0.1, -0.05) is 38.5 Å². The van der Waals surface area contributed by atoms with Crippen LogP contribution in [-0.4, -0.2) is 45.3 Å². The van der Waals surface area contributed by atoms with Crippen molar-refractivity contribution < 1.29 is 4.79 Å². The molecule has 1 aliphatic carbocycles. The lowest BCUT2D eigenvalue weighted by molar-refractivity contribution is 0.178. The van der Waals surface area contributed by atoms with E-state index >= 15 is 0 Å². The Hall–Kier alpha value is -1.59. The average molecular weight is 348 g/mol. The molecule has 0 unspecified atom stereocenters. The van der Waals surface area contributed by atoms with E-state index in [-0.39, 0.29) is 6.03 Å². The second kappa shape index (κ2) is 9.20. The second-order valence-corrected chi connectivity index (χ2v) is 7.59. The molecule has 1 aromatic rings. The molecule has 0 radical (unpaired) electrons. The summed E-state index contributed by atoms with van der Waals surface area (Å²) in [7, 11) is 1.95. The Kier molecular flexibility index (Phi) is 6.70. The second-order valence-electron chi connectivity index (χ2n) is 7.59. The lowest BCUT2D eigenvalue weighted by Crippen LogP contribution is -2.44. The molecule has 0 saturated heterocycles. The van der Waals surface area contributed by atoms with Crippen LogP contribution >= 0.6 is 0 Å². The zero-order chi connectivity index (χ0) is 17.5. The Bertz CT molecular complexity index is 548. The van der Waals surface area contributed by atoms with Gasteiger partial charge >= 0.3 is 6.03 Å². The van der Waals surface area contributed by atoms with Gasteiger partial charge in [-0.3, -0.25) is 0 Å². The summed E-state index contributed by atoms with van der Waals surface area (Å²) in [5.74, 6) is 2.14. The zero-order valence-corrected chi connectivity index (χ0v) is 15.7. The van der Waals surface area contributed by atoms with Gasteiger partial charge in [0, 0.05) is 39.0 Å². The molecule has 0 spiro atoms. The molecule has 6 nitrogen and oxygen atoms in total. The topological polar surface area (TPSA) is 63.1 Å². The zero-order valence-electron chi connectivity index (χ0n) is 15.7. The number of aromatic nitrogens is 3. The van der Waals surface area contributed by atoms with Gasteiger partial charge in [-0.15, -0.1) is 10.2 Å². The summed E-state index contributed by atoms with van der Waals surface area (Å²) < 4.78 is 2.26. The minimum atomic E-state index is 0.0566. The van der Waals surface area contributed by atoms with Crippen LogP contribution in [0.1, 0.15) is 75.9 Å². The van der Waals surface area contributed by atoms with Crippen LogP contribution in [-0.2, 0) is 19.4 Å². The van der Waals surface area contributed by atoms with E-state index in [0.717, 1.165) is 43.9 Å². The Morgan fingerprint density at radius 2 is 1.80 bits per heavy atom. The third-order valence-electron chi connectivity index (χ3n) is 5.75. The van der Waals surface area contributed by atoms with Crippen molar-refractivity contribution in [1.82, 2.24) is 25.0 Å². The van der Waals surface area contributed by atoms with Gasteiger partial charge in [-0.25, -0.2) is 4.79 Å². The SMILES string of the molecule is CN(C(=O)NCCc1nnc2n1CCCCC2)C1CCCCCCC1. The molecule has 0 aromatic carbocycles. The first kappa shape index (κ1) is 18.2. The minimum absolute atomic E-state index is 0.0566. The largest absolute Gasteiger partial charge is 0.338 e. The van der Waals surface area contributed by atoms with Crippen molar-refractivity contribution in [1.29, 1.82) is 0 Å². The van der Waals surface area contributed by atoms with E-state index in [2.05, 4.69) is 20.1 Å². The van der Waals surface area contributed by atoms with Crippen LogP contribution in [0.25, 0.3) is 0 Å².